The van der Waals surface area contributed by atoms with Gasteiger partial charge in [-0.2, -0.15) is 0 Å². The fraction of sp³-hybridized carbons (Fsp3) is 0.357. The van der Waals surface area contributed by atoms with Crippen LogP contribution in [0.1, 0.15) is 29.1 Å². The van der Waals surface area contributed by atoms with Crippen LogP contribution in [-0.2, 0) is 7.05 Å². The molecule has 1 atom stereocenters. The molecule has 1 N–H and O–H groups in total. The minimum atomic E-state index is -0.460. The van der Waals surface area contributed by atoms with Crippen LogP contribution in [0, 0.1) is 5.82 Å². The molecule has 0 saturated heterocycles. The topological polar surface area (TPSA) is 63.1 Å². The summed E-state index contributed by atoms with van der Waals surface area (Å²) in [7, 11) is 5.33. The van der Waals surface area contributed by atoms with Crippen LogP contribution in [0.15, 0.2) is 24.3 Å². The van der Waals surface area contributed by atoms with Gasteiger partial charge in [-0.1, -0.05) is 18.2 Å². The molecule has 0 radical (unpaired) electrons. The molecular weight excluding hydrogens is 273 g/mol. The molecule has 1 amide bonds. The maximum atomic E-state index is 13.7. The van der Waals surface area contributed by atoms with Gasteiger partial charge in [-0.25, -0.2) is 4.39 Å². The van der Waals surface area contributed by atoms with Gasteiger partial charge in [0.25, 0.3) is 5.91 Å². The van der Waals surface area contributed by atoms with Gasteiger partial charge in [-0.05, 0) is 13.0 Å². The number of rotatable bonds is 4. The molecule has 0 fully saturated rings. The molecule has 6 nitrogen and oxygen atoms in total. The maximum absolute atomic E-state index is 13.7. The third kappa shape index (κ3) is 3.01. The third-order valence-corrected chi connectivity index (χ3v) is 3.17. The second kappa shape index (κ2) is 5.90. The van der Waals surface area contributed by atoms with Crippen molar-refractivity contribution < 1.29 is 9.18 Å². The first-order valence-electron chi connectivity index (χ1n) is 6.53. The minimum absolute atomic E-state index is 0.182. The Bertz CT molecular complexity index is 653. The number of halogens is 1. The predicted octanol–water partition coefficient (Wildman–Crippen LogP) is 1.51. The first kappa shape index (κ1) is 15.0. The van der Waals surface area contributed by atoms with E-state index in [0.29, 0.717) is 11.5 Å². The van der Waals surface area contributed by atoms with Gasteiger partial charge in [0.2, 0.25) is 11.8 Å². The molecule has 1 heterocycles. The Hall–Kier alpha value is -2.44. The van der Waals surface area contributed by atoms with Crippen LogP contribution < -0.4 is 10.2 Å². The van der Waals surface area contributed by atoms with Crippen molar-refractivity contribution >= 4 is 11.9 Å². The van der Waals surface area contributed by atoms with Crippen LogP contribution in [0.2, 0.25) is 0 Å². The number of carbonyl (C=O) groups excluding carboxylic acids is 1. The van der Waals surface area contributed by atoms with Gasteiger partial charge in [-0.3, -0.25) is 9.36 Å². The van der Waals surface area contributed by atoms with E-state index >= 15 is 0 Å². The van der Waals surface area contributed by atoms with E-state index in [4.69, 9.17) is 0 Å². The highest BCUT2D eigenvalue weighted by atomic mass is 19.1. The van der Waals surface area contributed by atoms with Gasteiger partial charge in [0.1, 0.15) is 5.82 Å². The lowest BCUT2D eigenvalue weighted by Gasteiger charge is -2.15. The van der Waals surface area contributed by atoms with E-state index in [-0.39, 0.29) is 11.6 Å². The summed E-state index contributed by atoms with van der Waals surface area (Å²) in [6, 6.07) is 5.89. The number of aromatic nitrogens is 3. The molecule has 1 aromatic carbocycles. The summed E-state index contributed by atoms with van der Waals surface area (Å²) < 4.78 is 15.3. The second-order valence-corrected chi connectivity index (χ2v) is 4.99. The number of nitrogens with zero attached hydrogens (tertiary/aromatic N) is 4. The number of hydrogen-bond acceptors (Lipinski definition) is 4. The highest BCUT2D eigenvalue weighted by Crippen LogP contribution is 2.17. The van der Waals surface area contributed by atoms with Crippen LogP contribution >= 0.6 is 0 Å². The fourth-order valence-corrected chi connectivity index (χ4v) is 2.07. The number of benzene rings is 1. The number of amides is 1. The van der Waals surface area contributed by atoms with Gasteiger partial charge in [0, 0.05) is 26.7 Å². The Balaban J connectivity index is 2.17. The summed E-state index contributed by atoms with van der Waals surface area (Å²) in [5.74, 6) is 0.00619. The van der Waals surface area contributed by atoms with E-state index in [1.807, 2.05) is 14.1 Å². The first-order valence-corrected chi connectivity index (χ1v) is 6.53. The minimum Gasteiger partial charge on any atom is -0.347 e. The molecule has 1 unspecified atom stereocenters. The van der Waals surface area contributed by atoms with E-state index in [0.717, 1.165) is 0 Å². The molecule has 0 aliphatic carbocycles. The smallest absolute Gasteiger partial charge is 0.289 e. The summed E-state index contributed by atoms with van der Waals surface area (Å²) in [5.41, 5.74) is 0.431. The largest absolute Gasteiger partial charge is 0.347 e. The number of hydrogen-bond donors (Lipinski definition) is 1. The zero-order valence-corrected chi connectivity index (χ0v) is 12.5. The number of nitrogens with one attached hydrogen (secondary N) is 1. The molecule has 21 heavy (non-hydrogen) atoms. The lowest BCUT2D eigenvalue weighted by atomic mass is 10.1. The average molecular weight is 291 g/mol. The SMILES string of the molecule is CC(NC(=O)c1nnc(N(C)C)n1C)c1ccccc1F. The fourth-order valence-electron chi connectivity index (χ4n) is 2.07. The van der Waals surface area contributed by atoms with Crippen LogP contribution in [0.5, 0.6) is 0 Å². The zero-order chi connectivity index (χ0) is 15.6. The van der Waals surface area contributed by atoms with Gasteiger partial charge >= 0.3 is 0 Å². The van der Waals surface area contributed by atoms with Gasteiger partial charge < -0.3 is 10.2 Å². The molecule has 112 valence electrons. The Labute approximate surface area is 122 Å². The molecule has 0 aliphatic heterocycles. The highest BCUT2D eigenvalue weighted by Gasteiger charge is 2.20. The van der Waals surface area contributed by atoms with E-state index in [9.17, 15) is 9.18 Å². The molecule has 7 heteroatoms. The monoisotopic (exact) mass is 291 g/mol. The molecule has 0 spiro atoms. The maximum Gasteiger partial charge on any atom is 0.289 e. The molecule has 0 saturated carbocycles. The number of carbonyl (C=O) groups is 1. The van der Waals surface area contributed by atoms with Crippen molar-refractivity contribution in [3.05, 3.63) is 41.5 Å². The van der Waals surface area contributed by atoms with Crippen molar-refractivity contribution in [1.82, 2.24) is 20.1 Å². The van der Waals surface area contributed by atoms with Crippen molar-refractivity contribution in [1.29, 1.82) is 0 Å². The normalized spacial score (nSPS) is 12.0. The molecule has 2 aromatic rings. The van der Waals surface area contributed by atoms with E-state index in [1.54, 1.807) is 41.6 Å². The summed E-state index contributed by atoms with van der Waals surface area (Å²) >= 11 is 0. The van der Waals surface area contributed by atoms with Crippen molar-refractivity contribution in [3.8, 4) is 0 Å². The highest BCUT2D eigenvalue weighted by molar-refractivity contribution is 5.91. The molecule has 0 aliphatic rings. The molecule has 2 rings (SSSR count). The quantitative estimate of drug-likeness (QED) is 0.927. The third-order valence-electron chi connectivity index (χ3n) is 3.17. The van der Waals surface area contributed by atoms with Crippen molar-refractivity contribution in [2.24, 2.45) is 7.05 Å². The van der Waals surface area contributed by atoms with Crippen molar-refractivity contribution in [2.45, 2.75) is 13.0 Å². The standard InChI is InChI=1S/C14H18FN5O/c1-9(10-7-5-6-8-11(10)15)16-13(21)12-17-18-14(19(2)3)20(12)4/h5-9H,1-4H3,(H,16,21). The average Bonchev–Trinajstić information content (AvgIpc) is 2.81. The van der Waals surface area contributed by atoms with Gasteiger partial charge in [0.05, 0.1) is 6.04 Å². The van der Waals surface area contributed by atoms with Crippen LogP contribution in [-0.4, -0.2) is 34.8 Å². The summed E-state index contributed by atoms with van der Waals surface area (Å²) in [4.78, 5) is 14.0. The summed E-state index contributed by atoms with van der Waals surface area (Å²) in [5, 5.41) is 10.5. The predicted molar refractivity (Wildman–Crippen MR) is 77.6 cm³/mol. The Morgan fingerprint density at radius 2 is 2.00 bits per heavy atom. The molecule has 1 aromatic heterocycles. The summed E-state index contributed by atoms with van der Waals surface area (Å²) in [6.07, 6.45) is 0. The Morgan fingerprint density at radius 1 is 1.33 bits per heavy atom. The lowest BCUT2D eigenvalue weighted by Crippen LogP contribution is -2.29. The van der Waals surface area contributed by atoms with Gasteiger partial charge in [-0.15, -0.1) is 10.2 Å². The van der Waals surface area contributed by atoms with Gasteiger partial charge in [0.15, 0.2) is 0 Å². The van der Waals surface area contributed by atoms with Crippen molar-refractivity contribution in [3.63, 3.8) is 0 Å². The first-order chi connectivity index (χ1) is 9.91. The van der Waals surface area contributed by atoms with E-state index < -0.39 is 11.9 Å². The van der Waals surface area contributed by atoms with Crippen LogP contribution in [0.4, 0.5) is 10.3 Å². The van der Waals surface area contributed by atoms with Crippen molar-refractivity contribution in [2.75, 3.05) is 19.0 Å². The lowest BCUT2D eigenvalue weighted by molar-refractivity contribution is 0.0925. The van der Waals surface area contributed by atoms with Crippen LogP contribution in [0.3, 0.4) is 0 Å². The zero-order valence-electron chi connectivity index (χ0n) is 12.5. The molecule has 0 bridgehead atoms. The Morgan fingerprint density at radius 3 is 2.57 bits per heavy atom. The van der Waals surface area contributed by atoms with E-state index in [1.165, 1.54) is 6.07 Å². The Kier molecular flexibility index (Phi) is 4.21. The van der Waals surface area contributed by atoms with E-state index in [2.05, 4.69) is 15.5 Å². The second-order valence-electron chi connectivity index (χ2n) is 4.99. The summed E-state index contributed by atoms with van der Waals surface area (Å²) in [6.45, 7) is 1.72. The number of anilines is 1. The van der Waals surface area contributed by atoms with Crippen LogP contribution in [0.25, 0.3) is 0 Å². The molecular formula is C14H18FN5O.